The Bertz CT molecular complexity index is 928. The molecule has 0 aliphatic carbocycles. The summed E-state index contributed by atoms with van der Waals surface area (Å²) >= 11 is 0. The van der Waals surface area contributed by atoms with Gasteiger partial charge in [-0.05, 0) is 49.2 Å². The van der Waals surface area contributed by atoms with Crippen LogP contribution in [0.5, 0.6) is 11.5 Å². The molecule has 0 bridgehead atoms. The lowest BCUT2D eigenvalue weighted by molar-refractivity contribution is 0.483. The number of aromatic nitrogens is 1. The van der Waals surface area contributed by atoms with E-state index in [0.29, 0.717) is 11.3 Å². The van der Waals surface area contributed by atoms with Crippen LogP contribution in [0.2, 0.25) is 0 Å². The number of nitrogen functional groups attached to an aromatic ring is 1. The van der Waals surface area contributed by atoms with Crippen LogP contribution in [-0.4, -0.2) is 4.98 Å². The van der Waals surface area contributed by atoms with Gasteiger partial charge >= 0.3 is 0 Å². The van der Waals surface area contributed by atoms with Crippen molar-refractivity contribution in [2.75, 3.05) is 5.73 Å². The molecular weight excluding hydrogens is 298 g/mol. The van der Waals surface area contributed by atoms with E-state index in [0.717, 1.165) is 28.1 Å². The molecule has 4 heteroatoms. The molecule has 0 saturated carbocycles. The van der Waals surface area contributed by atoms with Crippen molar-refractivity contribution in [1.29, 1.82) is 5.26 Å². The molecule has 24 heavy (non-hydrogen) atoms. The zero-order chi connectivity index (χ0) is 17.1. The van der Waals surface area contributed by atoms with Crippen molar-refractivity contribution in [3.63, 3.8) is 0 Å². The highest BCUT2D eigenvalue weighted by atomic mass is 16.5. The van der Waals surface area contributed by atoms with Crippen LogP contribution < -0.4 is 10.5 Å². The van der Waals surface area contributed by atoms with Gasteiger partial charge in [0.2, 0.25) is 0 Å². The Kier molecular flexibility index (Phi) is 4.17. The number of benzene rings is 2. The summed E-state index contributed by atoms with van der Waals surface area (Å²) in [6, 6.07) is 19.4. The predicted octanol–water partition coefficient (Wildman–Crippen LogP) is 4.61. The van der Waals surface area contributed by atoms with Crippen LogP contribution in [0, 0.1) is 25.2 Å². The predicted molar refractivity (Wildman–Crippen MR) is 94.8 cm³/mol. The molecule has 2 aromatic carbocycles. The first-order valence-electron chi connectivity index (χ1n) is 7.60. The first-order chi connectivity index (χ1) is 11.6. The Hall–Kier alpha value is -3.32. The Morgan fingerprint density at radius 1 is 1.00 bits per heavy atom. The number of aryl methyl sites for hydroxylation is 1. The number of anilines is 1. The fourth-order valence-corrected chi connectivity index (χ4v) is 2.63. The van der Waals surface area contributed by atoms with Gasteiger partial charge in [0.1, 0.15) is 28.9 Å². The molecule has 0 aliphatic rings. The number of nitrogens with two attached hydrogens (primary N) is 1. The van der Waals surface area contributed by atoms with Crippen LogP contribution in [0.4, 0.5) is 5.82 Å². The highest BCUT2D eigenvalue weighted by molar-refractivity contribution is 5.79. The monoisotopic (exact) mass is 315 g/mol. The van der Waals surface area contributed by atoms with Crippen molar-refractivity contribution in [2.24, 2.45) is 0 Å². The van der Waals surface area contributed by atoms with Gasteiger partial charge in [-0.25, -0.2) is 4.98 Å². The molecule has 0 amide bonds. The zero-order valence-electron chi connectivity index (χ0n) is 13.6. The lowest BCUT2D eigenvalue weighted by atomic mass is 9.95. The maximum Gasteiger partial charge on any atom is 0.142 e. The van der Waals surface area contributed by atoms with Crippen molar-refractivity contribution in [1.82, 2.24) is 4.98 Å². The minimum absolute atomic E-state index is 0.255. The van der Waals surface area contributed by atoms with Crippen molar-refractivity contribution in [3.05, 3.63) is 71.4 Å². The molecule has 0 radical (unpaired) electrons. The molecule has 3 rings (SSSR count). The maximum atomic E-state index is 9.48. The number of nitriles is 1. The SMILES string of the molecule is Cc1nc(N)c(C#N)c(-c2cccc(Oc3ccccc3)c2)c1C. The third-order valence-corrected chi connectivity index (χ3v) is 3.93. The standard InChI is InChI=1S/C20H17N3O/c1-13-14(2)23-20(22)18(12-21)19(13)15-7-6-10-17(11-15)24-16-8-4-3-5-9-16/h3-11H,1-2H3,(H2,22,23). The largest absolute Gasteiger partial charge is 0.457 e. The smallest absolute Gasteiger partial charge is 0.142 e. The van der Waals surface area contributed by atoms with Crippen LogP contribution in [0.25, 0.3) is 11.1 Å². The highest BCUT2D eigenvalue weighted by Crippen LogP contribution is 2.34. The molecule has 1 aromatic heterocycles. The summed E-state index contributed by atoms with van der Waals surface area (Å²) in [5.41, 5.74) is 9.78. The zero-order valence-corrected chi connectivity index (χ0v) is 13.6. The normalized spacial score (nSPS) is 10.2. The molecule has 0 atom stereocenters. The van der Waals surface area contributed by atoms with Gasteiger partial charge in [-0.15, -0.1) is 0 Å². The van der Waals surface area contributed by atoms with E-state index in [4.69, 9.17) is 10.5 Å². The van der Waals surface area contributed by atoms with E-state index in [-0.39, 0.29) is 5.82 Å². The lowest BCUT2D eigenvalue weighted by Crippen LogP contribution is -2.03. The van der Waals surface area contributed by atoms with Gasteiger partial charge in [-0.1, -0.05) is 30.3 Å². The summed E-state index contributed by atoms with van der Waals surface area (Å²) in [5, 5.41) is 9.48. The molecule has 3 aromatic rings. The van der Waals surface area contributed by atoms with Gasteiger partial charge in [-0.2, -0.15) is 5.26 Å². The fraction of sp³-hybridized carbons (Fsp3) is 0.100. The second-order valence-electron chi connectivity index (χ2n) is 5.51. The molecular formula is C20H17N3O. The first kappa shape index (κ1) is 15.6. The van der Waals surface area contributed by atoms with Crippen LogP contribution >= 0.6 is 0 Å². The summed E-state index contributed by atoms with van der Waals surface area (Å²) in [5.74, 6) is 1.72. The van der Waals surface area contributed by atoms with E-state index in [1.54, 1.807) is 0 Å². The van der Waals surface area contributed by atoms with Gasteiger partial charge in [0.25, 0.3) is 0 Å². The van der Waals surface area contributed by atoms with Crippen molar-refractivity contribution in [3.8, 4) is 28.7 Å². The van der Waals surface area contributed by atoms with E-state index in [1.807, 2.05) is 68.4 Å². The van der Waals surface area contributed by atoms with Gasteiger partial charge in [-0.3, -0.25) is 0 Å². The molecule has 2 N–H and O–H groups in total. The van der Waals surface area contributed by atoms with Crippen molar-refractivity contribution >= 4 is 5.82 Å². The number of rotatable bonds is 3. The van der Waals surface area contributed by atoms with Crippen LogP contribution in [0.1, 0.15) is 16.8 Å². The number of para-hydroxylation sites is 1. The second kappa shape index (κ2) is 6.43. The third kappa shape index (κ3) is 2.92. The first-order valence-corrected chi connectivity index (χ1v) is 7.60. The van der Waals surface area contributed by atoms with Crippen LogP contribution in [-0.2, 0) is 0 Å². The third-order valence-electron chi connectivity index (χ3n) is 3.93. The maximum absolute atomic E-state index is 9.48. The lowest BCUT2D eigenvalue weighted by Gasteiger charge is -2.14. The highest BCUT2D eigenvalue weighted by Gasteiger charge is 2.15. The van der Waals surface area contributed by atoms with Crippen molar-refractivity contribution < 1.29 is 4.74 Å². The van der Waals surface area contributed by atoms with E-state index >= 15 is 0 Å². The molecule has 0 spiro atoms. The average Bonchev–Trinajstić information content (AvgIpc) is 2.59. The van der Waals surface area contributed by atoms with E-state index in [9.17, 15) is 5.26 Å². The molecule has 0 aliphatic heterocycles. The van der Waals surface area contributed by atoms with Crippen molar-refractivity contribution in [2.45, 2.75) is 13.8 Å². The number of ether oxygens (including phenoxy) is 1. The quantitative estimate of drug-likeness (QED) is 0.766. The van der Waals surface area contributed by atoms with Gasteiger partial charge < -0.3 is 10.5 Å². The van der Waals surface area contributed by atoms with Crippen LogP contribution in [0.15, 0.2) is 54.6 Å². The molecule has 118 valence electrons. The second-order valence-corrected chi connectivity index (χ2v) is 5.51. The summed E-state index contributed by atoms with van der Waals surface area (Å²) in [6.45, 7) is 3.84. The molecule has 4 nitrogen and oxygen atoms in total. The summed E-state index contributed by atoms with van der Waals surface area (Å²) in [4.78, 5) is 4.24. The van der Waals surface area contributed by atoms with E-state index in [2.05, 4.69) is 11.1 Å². The topological polar surface area (TPSA) is 71.9 Å². The van der Waals surface area contributed by atoms with E-state index in [1.165, 1.54) is 0 Å². The Balaban J connectivity index is 2.09. The molecule has 1 heterocycles. The number of hydrogen-bond acceptors (Lipinski definition) is 4. The number of nitrogens with zero attached hydrogens (tertiary/aromatic N) is 2. The molecule has 0 unspecified atom stereocenters. The summed E-state index contributed by atoms with van der Waals surface area (Å²) in [6.07, 6.45) is 0. The summed E-state index contributed by atoms with van der Waals surface area (Å²) < 4.78 is 5.88. The average molecular weight is 315 g/mol. The van der Waals surface area contributed by atoms with Gasteiger partial charge in [0.15, 0.2) is 0 Å². The van der Waals surface area contributed by atoms with E-state index < -0.39 is 0 Å². The minimum Gasteiger partial charge on any atom is -0.457 e. The van der Waals surface area contributed by atoms with Gasteiger partial charge in [0.05, 0.1) is 0 Å². The summed E-state index contributed by atoms with van der Waals surface area (Å²) in [7, 11) is 0. The molecule has 0 fully saturated rings. The molecule has 0 saturated heterocycles. The number of pyridine rings is 1. The minimum atomic E-state index is 0.255. The Morgan fingerprint density at radius 3 is 2.42 bits per heavy atom. The van der Waals surface area contributed by atoms with Gasteiger partial charge in [0, 0.05) is 11.3 Å². The van der Waals surface area contributed by atoms with Crippen LogP contribution in [0.3, 0.4) is 0 Å². The Morgan fingerprint density at radius 2 is 1.71 bits per heavy atom. The number of hydrogen-bond donors (Lipinski definition) is 1. The fourth-order valence-electron chi connectivity index (χ4n) is 2.63. The Labute approximate surface area is 141 Å².